The highest BCUT2D eigenvalue weighted by molar-refractivity contribution is 9.10. The lowest BCUT2D eigenvalue weighted by molar-refractivity contribution is -0.142. The predicted molar refractivity (Wildman–Crippen MR) is 83.5 cm³/mol. The summed E-state index contributed by atoms with van der Waals surface area (Å²) in [5.41, 5.74) is -1.53. The first-order valence-electron chi connectivity index (χ1n) is 6.78. The van der Waals surface area contributed by atoms with Crippen molar-refractivity contribution in [3.63, 3.8) is 0 Å². The highest BCUT2D eigenvalue weighted by Gasteiger charge is 2.39. The van der Waals surface area contributed by atoms with Gasteiger partial charge in [0.15, 0.2) is 17.2 Å². The van der Waals surface area contributed by atoms with E-state index in [1.807, 2.05) is 0 Å². The van der Waals surface area contributed by atoms with E-state index in [-0.39, 0.29) is 22.9 Å². The molecule has 0 atom stereocenters. The Bertz CT molecular complexity index is 823. The van der Waals surface area contributed by atoms with Gasteiger partial charge in [0.2, 0.25) is 0 Å². The molecule has 0 aliphatic heterocycles. The molecule has 1 heterocycles. The van der Waals surface area contributed by atoms with Gasteiger partial charge in [-0.15, -0.1) is 0 Å². The second kappa shape index (κ2) is 7.48. The molecule has 0 spiro atoms. The van der Waals surface area contributed by atoms with Gasteiger partial charge in [0.05, 0.1) is 11.6 Å². The highest BCUT2D eigenvalue weighted by Crippen LogP contribution is 2.36. The van der Waals surface area contributed by atoms with E-state index >= 15 is 0 Å². The Morgan fingerprint density at radius 2 is 1.96 bits per heavy atom. The molecule has 1 aromatic heterocycles. The van der Waals surface area contributed by atoms with Crippen LogP contribution in [0.5, 0.6) is 11.5 Å². The number of nitrogens with one attached hydrogen (secondary N) is 1. The summed E-state index contributed by atoms with van der Waals surface area (Å²) in [6.45, 7) is -3.07. The highest BCUT2D eigenvalue weighted by atomic mass is 79.9. The molecule has 1 N–H and O–H groups in total. The van der Waals surface area contributed by atoms with Crippen LogP contribution in [0.25, 0.3) is 0 Å². The molecule has 0 aliphatic rings. The lowest BCUT2D eigenvalue weighted by Gasteiger charge is -2.12. The molecule has 0 fully saturated rings. The fraction of sp³-hybridized carbons (Fsp3) is 0.286. The van der Waals surface area contributed by atoms with Gasteiger partial charge in [0.1, 0.15) is 5.69 Å². The number of halogens is 6. The van der Waals surface area contributed by atoms with Gasteiger partial charge in [0.25, 0.3) is 5.91 Å². The summed E-state index contributed by atoms with van der Waals surface area (Å²) in [4.78, 5) is 12.3. The lowest BCUT2D eigenvalue weighted by atomic mass is 10.2. The molecule has 0 unspecified atom stereocenters. The average molecular weight is 444 g/mol. The first kappa shape index (κ1) is 19.9. The number of methoxy groups -OCH3 is 1. The zero-order valence-corrected chi connectivity index (χ0v) is 14.8. The van der Waals surface area contributed by atoms with Gasteiger partial charge >= 0.3 is 12.8 Å². The van der Waals surface area contributed by atoms with Crippen molar-refractivity contribution >= 4 is 27.5 Å². The van der Waals surface area contributed by atoms with Crippen LogP contribution >= 0.6 is 15.9 Å². The van der Waals surface area contributed by atoms with E-state index < -0.39 is 28.9 Å². The number of benzene rings is 1. The Morgan fingerprint density at radius 1 is 1.31 bits per heavy atom. The quantitative estimate of drug-likeness (QED) is 0.707. The molecule has 12 heteroatoms. The second-order valence-corrected chi connectivity index (χ2v) is 5.62. The molecule has 26 heavy (non-hydrogen) atoms. The maximum Gasteiger partial charge on any atom is 0.436 e. The van der Waals surface area contributed by atoms with Crippen LogP contribution in [0.3, 0.4) is 0 Å². The van der Waals surface area contributed by atoms with Crippen LogP contribution in [-0.2, 0) is 13.2 Å². The van der Waals surface area contributed by atoms with Crippen LogP contribution in [0.1, 0.15) is 16.2 Å². The van der Waals surface area contributed by atoms with Crippen molar-refractivity contribution in [2.75, 3.05) is 12.4 Å². The van der Waals surface area contributed by atoms with E-state index in [9.17, 15) is 26.7 Å². The van der Waals surface area contributed by atoms with Crippen molar-refractivity contribution in [2.24, 2.45) is 7.05 Å². The first-order valence-corrected chi connectivity index (χ1v) is 7.57. The number of amides is 1. The summed E-state index contributed by atoms with van der Waals surface area (Å²) in [6, 6.07) is 3.54. The minimum Gasteiger partial charge on any atom is -0.493 e. The zero-order chi connectivity index (χ0) is 19.6. The summed E-state index contributed by atoms with van der Waals surface area (Å²) < 4.78 is 72.5. The lowest BCUT2D eigenvalue weighted by Crippen LogP contribution is -2.16. The Kier molecular flexibility index (Phi) is 5.74. The van der Waals surface area contributed by atoms with Crippen LogP contribution in [0.15, 0.2) is 22.7 Å². The van der Waals surface area contributed by atoms with Gasteiger partial charge in [-0.05, 0) is 28.1 Å². The Labute approximate surface area is 152 Å². The minimum atomic E-state index is -4.74. The van der Waals surface area contributed by atoms with Gasteiger partial charge in [-0.1, -0.05) is 0 Å². The third-order valence-electron chi connectivity index (χ3n) is 3.11. The van der Waals surface area contributed by atoms with Crippen molar-refractivity contribution < 1.29 is 36.2 Å². The predicted octanol–water partition coefficient (Wildman–Crippen LogP) is 4.06. The van der Waals surface area contributed by atoms with Crippen molar-refractivity contribution in [1.82, 2.24) is 9.78 Å². The molecule has 0 aliphatic carbocycles. The molecule has 2 rings (SSSR count). The second-order valence-electron chi connectivity index (χ2n) is 4.83. The van der Waals surface area contributed by atoms with Gasteiger partial charge in [-0.25, -0.2) is 0 Å². The van der Waals surface area contributed by atoms with E-state index in [1.54, 1.807) is 0 Å². The van der Waals surface area contributed by atoms with Gasteiger partial charge < -0.3 is 14.8 Å². The molecule has 142 valence electrons. The number of aromatic nitrogens is 2. The summed E-state index contributed by atoms with van der Waals surface area (Å²) in [5.74, 6) is -1.25. The van der Waals surface area contributed by atoms with Crippen LogP contribution in [0.2, 0.25) is 0 Å². The van der Waals surface area contributed by atoms with E-state index in [1.165, 1.54) is 26.3 Å². The third kappa shape index (κ3) is 4.23. The maximum absolute atomic E-state index is 12.9. The fourth-order valence-electron chi connectivity index (χ4n) is 2.05. The molecule has 2 aromatic rings. The first-order chi connectivity index (χ1) is 12.0. The van der Waals surface area contributed by atoms with E-state index in [0.717, 1.165) is 10.7 Å². The van der Waals surface area contributed by atoms with Crippen molar-refractivity contribution in [1.29, 1.82) is 0 Å². The smallest absolute Gasteiger partial charge is 0.436 e. The van der Waals surface area contributed by atoms with E-state index in [0.29, 0.717) is 0 Å². The summed E-state index contributed by atoms with van der Waals surface area (Å²) in [7, 11) is 2.38. The van der Waals surface area contributed by atoms with Gasteiger partial charge in [-0.2, -0.15) is 27.1 Å². The number of carbonyl (C=O) groups excluding carboxylic acids is 1. The van der Waals surface area contributed by atoms with Crippen molar-refractivity contribution in [3.8, 4) is 11.5 Å². The topological polar surface area (TPSA) is 65.4 Å². The number of rotatable bonds is 5. The normalized spacial score (nSPS) is 11.6. The number of hydrogen-bond acceptors (Lipinski definition) is 4. The van der Waals surface area contributed by atoms with Crippen LogP contribution in [0, 0.1) is 0 Å². The number of ether oxygens (including phenoxy) is 2. The zero-order valence-electron chi connectivity index (χ0n) is 13.2. The molecule has 0 saturated heterocycles. The monoisotopic (exact) mass is 443 g/mol. The van der Waals surface area contributed by atoms with Gasteiger partial charge in [-0.3, -0.25) is 9.48 Å². The van der Waals surface area contributed by atoms with E-state index in [4.69, 9.17) is 4.74 Å². The molecule has 0 radical (unpaired) electrons. The van der Waals surface area contributed by atoms with E-state index in [2.05, 4.69) is 31.1 Å². The Hall–Kier alpha value is -2.37. The summed E-state index contributed by atoms with van der Waals surface area (Å²) in [6.07, 6.45) is -4.74. The summed E-state index contributed by atoms with van der Waals surface area (Å²) in [5, 5.41) is 5.62. The largest absolute Gasteiger partial charge is 0.493 e. The standard InChI is InChI=1S/C14H11BrF5N3O3/c1-23-10(9(15)11(22-23)14(18,19)20)12(24)21-6-3-4-7(26-13(16)17)8(5-6)25-2/h3-5,13H,1-2H3,(H,21,24). The number of alkyl halides is 5. The molecule has 0 bridgehead atoms. The minimum absolute atomic E-state index is 0.0927. The van der Waals surface area contributed by atoms with Crippen LogP contribution in [-0.4, -0.2) is 29.4 Å². The third-order valence-corrected chi connectivity index (χ3v) is 3.86. The van der Waals surface area contributed by atoms with Crippen LogP contribution < -0.4 is 14.8 Å². The molecule has 1 amide bonds. The molecular formula is C14H11BrF5N3O3. The number of nitrogens with zero attached hydrogens (tertiary/aromatic N) is 2. The van der Waals surface area contributed by atoms with Crippen molar-refractivity contribution in [3.05, 3.63) is 34.1 Å². The maximum atomic E-state index is 12.9. The van der Waals surface area contributed by atoms with Gasteiger partial charge in [0, 0.05) is 18.8 Å². The number of aryl methyl sites for hydroxylation is 1. The average Bonchev–Trinajstić information content (AvgIpc) is 2.83. The Balaban J connectivity index is 2.30. The SMILES string of the molecule is COc1cc(NC(=O)c2c(Br)c(C(F)(F)F)nn2C)ccc1OC(F)F. The van der Waals surface area contributed by atoms with Crippen LogP contribution in [0.4, 0.5) is 27.6 Å². The Morgan fingerprint density at radius 3 is 2.46 bits per heavy atom. The summed E-state index contributed by atoms with van der Waals surface area (Å²) >= 11 is 2.73. The fourth-order valence-corrected chi connectivity index (χ4v) is 2.80. The number of hydrogen-bond donors (Lipinski definition) is 1. The van der Waals surface area contributed by atoms with Crippen molar-refractivity contribution in [2.45, 2.75) is 12.8 Å². The number of carbonyl (C=O) groups is 1. The number of anilines is 1. The molecular weight excluding hydrogens is 433 g/mol. The molecule has 6 nitrogen and oxygen atoms in total. The molecule has 1 aromatic carbocycles. The molecule has 0 saturated carbocycles.